The molecule has 48 valence electrons. The molecule has 0 atom stereocenters. The van der Waals surface area contributed by atoms with Crippen LogP contribution in [0.4, 0.5) is 0 Å². The molecule has 0 amide bonds. The number of nitrogens with zero attached hydrogens (tertiary/aromatic N) is 1. The van der Waals surface area contributed by atoms with E-state index in [1.807, 2.05) is 12.3 Å². The maximum atomic E-state index is 3.97. The second kappa shape index (κ2) is 5.59. The third-order valence-corrected chi connectivity index (χ3v) is 1.25. The van der Waals surface area contributed by atoms with E-state index in [0.717, 1.165) is 0 Å². The Morgan fingerprint density at radius 3 is 2.50 bits per heavy atom. The predicted octanol–water partition coefficient (Wildman–Crippen LogP) is -0.991. The predicted molar refractivity (Wildman–Crippen MR) is 37.2 cm³/mol. The van der Waals surface area contributed by atoms with Crippen molar-refractivity contribution in [3.8, 4) is 0 Å². The summed E-state index contributed by atoms with van der Waals surface area (Å²) in [4.78, 5) is 3.97. The molecule has 0 aliphatic carbocycles. The molecular formula is C8H10NRb. The number of pyridine rings is 1. The zero-order valence-corrected chi connectivity index (χ0v) is 11.7. The minimum absolute atomic E-state index is 0. The second-order valence-electron chi connectivity index (χ2n) is 2.35. The van der Waals surface area contributed by atoms with Gasteiger partial charge in [-0.25, -0.2) is 0 Å². The minimum Gasteiger partial charge on any atom is -0.391 e. The van der Waals surface area contributed by atoms with E-state index >= 15 is 0 Å². The normalized spacial score (nSPS) is 9.10. The van der Waals surface area contributed by atoms with Crippen molar-refractivity contribution >= 4 is 0 Å². The quantitative estimate of drug-likeness (QED) is 0.537. The number of rotatable bonds is 1. The molecule has 0 fully saturated rings. The van der Waals surface area contributed by atoms with Crippen LogP contribution >= 0.6 is 0 Å². The van der Waals surface area contributed by atoms with Gasteiger partial charge < -0.3 is 4.98 Å². The van der Waals surface area contributed by atoms with Gasteiger partial charge in [0.1, 0.15) is 0 Å². The first-order chi connectivity index (χ1) is 4.30. The molecule has 1 aromatic heterocycles. The van der Waals surface area contributed by atoms with Crippen molar-refractivity contribution in [2.75, 3.05) is 0 Å². The van der Waals surface area contributed by atoms with Gasteiger partial charge in [0, 0.05) is 0 Å². The summed E-state index contributed by atoms with van der Waals surface area (Å²) in [5.74, 6) is 0.540. The standard InChI is InChI=1S/C8H10N.Rb/c1-7(2)8-4-3-5-9-6-8;/h3,5-7H,1-2H3;/q-1;+1. The molecule has 2 heteroatoms. The molecule has 1 rings (SSSR count). The number of aromatic nitrogens is 1. The van der Waals surface area contributed by atoms with Gasteiger partial charge in [-0.05, 0) is 5.92 Å². The molecule has 1 aromatic rings. The molecule has 0 unspecified atom stereocenters. The molecule has 0 radical (unpaired) electrons. The molecule has 0 saturated heterocycles. The van der Waals surface area contributed by atoms with E-state index in [1.54, 1.807) is 6.20 Å². The number of hydrogen-bond donors (Lipinski definition) is 0. The number of hydrogen-bond acceptors (Lipinski definition) is 1. The van der Waals surface area contributed by atoms with E-state index in [0.29, 0.717) is 5.92 Å². The zero-order valence-electron chi connectivity index (χ0n) is 6.76. The van der Waals surface area contributed by atoms with E-state index in [2.05, 4.69) is 24.9 Å². The first kappa shape index (κ1) is 11.0. The van der Waals surface area contributed by atoms with Crippen LogP contribution in [0.25, 0.3) is 0 Å². The molecule has 0 N–H and O–H groups in total. The SMILES string of the molecule is CC(C)c1[c-]ccnc1.[Rb+]. The molecule has 1 nitrogen and oxygen atoms in total. The van der Waals surface area contributed by atoms with Gasteiger partial charge >= 0.3 is 58.2 Å². The Labute approximate surface area is 111 Å². The summed E-state index contributed by atoms with van der Waals surface area (Å²) in [6, 6.07) is 4.95. The van der Waals surface area contributed by atoms with E-state index in [1.165, 1.54) is 5.56 Å². The van der Waals surface area contributed by atoms with Crippen molar-refractivity contribution < 1.29 is 58.2 Å². The third kappa shape index (κ3) is 3.38. The maximum Gasteiger partial charge on any atom is 1.00 e. The van der Waals surface area contributed by atoms with Crippen molar-refractivity contribution in [2.45, 2.75) is 19.8 Å². The smallest absolute Gasteiger partial charge is 0.391 e. The van der Waals surface area contributed by atoms with Crippen molar-refractivity contribution in [3.63, 3.8) is 0 Å². The summed E-state index contributed by atoms with van der Waals surface area (Å²) >= 11 is 0. The van der Waals surface area contributed by atoms with Gasteiger partial charge in [0.2, 0.25) is 0 Å². The molecular weight excluding hydrogens is 196 g/mol. The Balaban J connectivity index is 0.000000810. The van der Waals surface area contributed by atoms with Gasteiger partial charge in [0.15, 0.2) is 0 Å². The fraction of sp³-hybridized carbons (Fsp3) is 0.375. The fourth-order valence-corrected chi connectivity index (χ4v) is 0.653. The summed E-state index contributed by atoms with van der Waals surface area (Å²) in [7, 11) is 0. The molecule has 0 bridgehead atoms. The Kier molecular flexibility index (Phi) is 6.12. The van der Waals surface area contributed by atoms with E-state index in [4.69, 9.17) is 0 Å². The largest absolute Gasteiger partial charge is 1.00 e. The van der Waals surface area contributed by atoms with Crippen LogP contribution < -0.4 is 58.2 Å². The summed E-state index contributed by atoms with van der Waals surface area (Å²) in [5, 5.41) is 0. The molecule has 0 spiro atoms. The third-order valence-electron chi connectivity index (χ3n) is 1.25. The second-order valence-corrected chi connectivity index (χ2v) is 2.35. The van der Waals surface area contributed by atoms with Gasteiger partial charge in [-0.15, -0.1) is 5.56 Å². The van der Waals surface area contributed by atoms with Crippen LogP contribution in [0.5, 0.6) is 0 Å². The van der Waals surface area contributed by atoms with E-state index < -0.39 is 0 Å². The average Bonchev–Trinajstić information content (AvgIpc) is 1.90. The van der Waals surface area contributed by atoms with Gasteiger partial charge in [-0.2, -0.15) is 12.1 Å². The Morgan fingerprint density at radius 2 is 2.20 bits per heavy atom. The first-order valence-corrected chi connectivity index (χ1v) is 3.12. The maximum absolute atomic E-state index is 3.97. The summed E-state index contributed by atoms with van der Waals surface area (Å²) in [6.07, 6.45) is 3.59. The van der Waals surface area contributed by atoms with Crippen LogP contribution in [0.3, 0.4) is 0 Å². The molecule has 0 aliphatic rings. The van der Waals surface area contributed by atoms with Gasteiger partial charge in [0.05, 0.1) is 0 Å². The van der Waals surface area contributed by atoms with E-state index in [9.17, 15) is 0 Å². The van der Waals surface area contributed by atoms with Crippen LogP contribution in [0, 0.1) is 6.07 Å². The van der Waals surface area contributed by atoms with Crippen LogP contribution in [-0.2, 0) is 0 Å². The van der Waals surface area contributed by atoms with Crippen LogP contribution in [0.15, 0.2) is 18.5 Å². The minimum atomic E-state index is 0. The topological polar surface area (TPSA) is 12.9 Å². The average molecular weight is 206 g/mol. The van der Waals surface area contributed by atoms with Crippen LogP contribution in [-0.4, -0.2) is 4.98 Å². The summed E-state index contributed by atoms with van der Waals surface area (Å²) < 4.78 is 0. The zero-order chi connectivity index (χ0) is 6.69. The van der Waals surface area contributed by atoms with Crippen molar-refractivity contribution in [1.29, 1.82) is 0 Å². The van der Waals surface area contributed by atoms with Gasteiger partial charge in [-0.3, -0.25) is 0 Å². The molecule has 0 saturated carbocycles. The summed E-state index contributed by atoms with van der Waals surface area (Å²) in [5.41, 5.74) is 1.18. The molecule has 0 aliphatic heterocycles. The van der Waals surface area contributed by atoms with Crippen molar-refractivity contribution in [3.05, 3.63) is 30.1 Å². The molecule has 1 heterocycles. The Morgan fingerprint density at radius 1 is 1.50 bits per heavy atom. The van der Waals surface area contributed by atoms with Crippen molar-refractivity contribution in [1.82, 2.24) is 4.98 Å². The monoisotopic (exact) mass is 205 g/mol. The molecule has 10 heavy (non-hydrogen) atoms. The van der Waals surface area contributed by atoms with Crippen LogP contribution in [0.1, 0.15) is 25.3 Å². The van der Waals surface area contributed by atoms with Crippen molar-refractivity contribution in [2.24, 2.45) is 0 Å². The van der Waals surface area contributed by atoms with Crippen LogP contribution in [0.2, 0.25) is 0 Å². The first-order valence-electron chi connectivity index (χ1n) is 3.12. The Hall–Kier alpha value is 0.955. The Bertz CT molecular complexity index is 172. The molecule has 0 aromatic carbocycles. The summed E-state index contributed by atoms with van der Waals surface area (Å²) in [6.45, 7) is 4.26. The van der Waals surface area contributed by atoms with Gasteiger partial charge in [-0.1, -0.05) is 26.2 Å². The fourth-order valence-electron chi connectivity index (χ4n) is 0.653. The van der Waals surface area contributed by atoms with Gasteiger partial charge in [0.25, 0.3) is 0 Å². The van der Waals surface area contributed by atoms with E-state index in [-0.39, 0.29) is 58.2 Å².